The number of hydrogen-bond donors (Lipinski definition) is 1. The molecule has 0 radical (unpaired) electrons. The van der Waals surface area contributed by atoms with Crippen molar-refractivity contribution in [3.63, 3.8) is 0 Å². The maximum atomic E-state index is 6.57. The van der Waals surface area contributed by atoms with Gasteiger partial charge in [-0.25, -0.2) is 0 Å². The highest BCUT2D eigenvalue weighted by molar-refractivity contribution is 6.31. The van der Waals surface area contributed by atoms with Crippen LogP contribution in [0.25, 0.3) is 0 Å². The summed E-state index contributed by atoms with van der Waals surface area (Å²) in [6.45, 7) is 13.2. The van der Waals surface area contributed by atoms with Crippen molar-refractivity contribution in [3.8, 4) is 0 Å². The highest BCUT2D eigenvalue weighted by Gasteiger charge is 2.50. The molecule has 0 amide bonds. The summed E-state index contributed by atoms with van der Waals surface area (Å²) in [5.41, 5.74) is 2.73. The highest BCUT2D eigenvalue weighted by atomic mass is 35.5. The van der Waals surface area contributed by atoms with E-state index in [1.807, 2.05) is 0 Å². The number of rotatable bonds is 8. The van der Waals surface area contributed by atoms with Gasteiger partial charge in [0.1, 0.15) is 0 Å². The van der Waals surface area contributed by atoms with Crippen LogP contribution in [-0.2, 0) is 19.4 Å². The molecule has 21 heavy (non-hydrogen) atoms. The molecule has 1 aromatic heterocycles. The number of halogens is 1. The molecule has 1 aromatic rings. The van der Waals surface area contributed by atoms with Crippen LogP contribution < -0.4 is 5.32 Å². The lowest BCUT2D eigenvalue weighted by Gasteiger charge is -2.21. The maximum absolute atomic E-state index is 6.57. The number of nitrogens with zero attached hydrogens (tertiary/aromatic N) is 2. The lowest BCUT2D eigenvalue weighted by molar-refractivity contribution is 0.393. The minimum absolute atomic E-state index is 0.475. The summed E-state index contributed by atoms with van der Waals surface area (Å²) in [4.78, 5) is 0. The van der Waals surface area contributed by atoms with E-state index in [2.05, 4.69) is 49.7 Å². The summed E-state index contributed by atoms with van der Waals surface area (Å²) in [6, 6.07) is 0.518. The molecular formula is C17H30ClN3. The van der Waals surface area contributed by atoms with E-state index in [0.717, 1.165) is 42.6 Å². The van der Waals surface area contributed by atoms with Crippen molar-refractivity contribution >= 4 is 11.6 Å². The van der Waals surface area contributed by atoms with Gasteiger partial charge in [-0.15, -0.1) is 0 Å². The van der Waals surface area contributed by atoms with Crippen LogP contribution in [0.15, 0.2) is 0 Å². The van der Waals surface area contributed by atoms with Gasteiger partial charge in [0.25, 0.3) is 0 Å². The van der Waals surface area contributed by atoms with Gasteiger partial charge in [0, 0.05) is 19.0 Å². The second-order valence-electron chi connectivity index (χ2n) is 6.94. The third-order valence-electron chi connectivity index (χ3n) is 4.84. The first kappa shape index (κ1) is 16.8. The summed E-state index contributed by atoms with van der Waals surface area (Å²) >= 11 is 6.57. The number of aryl methyl sites for hydroxylation is 2. The molecule has 0 bridgehead atoms. The van der Waals surface area contributed by atoms with E-state index in [1.54, 1.807) is 0 Å². The Morgan fingerprint density at radius 1 is 1.38 bits per heavy atom. The summed E-state index contributed by atoms with van der Waals surface area (Å²) < 4.78 is 2.09. The van der Waals surface area contributed by atoms with E-state index in [-0.39, 0.29) is 0 Å². The average Bonchev–Trinajstić information content (AvgIpc) is 2.98. The predicted octanol–water partition coefficient (Wildman–Crippen LogP) is 4.08. The van der Waals surface area contributed by atoms with Crippen LogP contribution in [0.1, 0.15) is 58.8 Å². The van der Waals surface area contributed by atoms with E-state index in [0.29, 0.717) is 11.5 Å². The first-order valence-corrected chi connectivity index (χ1v) is 8.79. The molecule has 3 nitrogen and oxygen atoms in total. The Balaban J connectivity index is 2.18. The fourth-order valence-corrected chi connectivity index (χ4v) is 3.65. The van der Waals surface area contributed by atoms with E-state index in [1.165, 1.54) is 18.5 Å². The molecule has 1 aliphatic carbocycles. The van der Waals surface area contributed by atoms with Gasteiger partial charge in [-0.3, -0.25) is 4.68 Å². The van der Waals surface area contributed by atoms with Gasteiger partial charge in [-0.2, -0.15) is 5.10 Å². The largest absolute Gasteiger partial charge is 0.313 e. The van der Waals surface area contributed by atoms with Crippen LogP contribution in [0.3, 0.4) is 0 Å². The fourth-order valence-electron chi connectivity index (χ4n) is 3.30. The molecule has 0 saturated heterocycles. The van der Waals surface area contributed by atoms with Crippen LogP contribution >= 0.6 is 11.6 Å². The zero-order chi connectivity index (χ0) is 15.6. The van der Waals surface area contributed by atoms with Crippen molar-refractivity contribution < 1.29 is 0 Å². The zero-order valence-electron chi connectivity index (χ0n) is 14.2. The van der Waals surface area contributed by atoms with E-state index in [9.17, 15) is 0 Å². The lowest BCUT2D eigenvalue weighted by atomic mass is 9.99. The molecule has 1 saturated carbocycles. The monoisotopic (exact) mass is 311 g/mol. The van der Waals surface area contributed by atoms with E-state index < -0.39 is 0 Å². The average molecular weight is 312 g/mol. The quantitative estimate of drug-likeness (QED) is 0.784. The molecule has 1 fully saturated rings. The Morgan fingerprint density at radius 3 is 2.52 bits per heavy atom. The predicted molar refractivity (Wildman–Crippen MR) is 90.0 cm³/mol. The van der Waals surface area contributed by atoms with Gasteiger partial charge in [0.2, 0.25) is 0 Å². The van der Waals surface area contributed by atoms with Crippen molar-refractivity contribution in [2.24, 2.45) is 11.3 Å². The third kappa shape index (κ3) is 3.62. The van der Waals surface area contributed by atoms with Crippen molar-refractivity contribution in [3.05, 3.63) is 16.4 Å². The standard InChI is InChI=1S/C17H30ClN3/c1-6-9-19-14(12-11-17(12,4)5)10-15-16(18)13(7-2)20-21(15)8-3/h12,14,19H,6-11H2,1-5H3. The van der Waals surface area contributed by atoms with Crippen LogP contribution in [0.2, 0.25) is 5.02 Å². The summed E-state index contributed by atoms with van der Waals surface area (Å²) in [6.07, 6.45) is 4.38. The Morgan fingerprint density at radius 2 is 2.05 bits per heavy atom. The van der Waals surface area contributed by atoms with Crippen molar-refractivity contribution in [2.75, 3.05) is 6.54 Å². The van der Waals surface area contributed by atoms with Gasteiger partial charge in [-0.05, 0) is 44.1 Å². The molecule has 1 N–H and O–H groups in total. The molecular weight excluding hydrogens is 282 g/mol. The molecule has 0 aromatic carbocycles. The normalized spacial score (nSPS) is 21.5. The van der Waals surface area contributed by atoms with Gasteiger partial charge in [0.15, 0.2) is 0 Å². The van der Waals surface area contributed by atoms with Crippen molar-refractivity contribution in [2.45, 2.75) is 72.9 Å². The highest BCUT2D eigenvalue weighted by Crippen LogP contribution is 2.54. The van der Waals surface area contributed by atoms with Gasteiger partial charge >= 0.3 is 0 Å². The summed E-state index contributed by atoms with van der Waals surface area (Å²) in [5.74, 6) is 0.755. The fraction of sp³-hybridized carbons (Fsp3) is 0.824. The SMILES string of the molecule is CCCNC(Cc1c(Cl)c(CC)nn1CC)C1CC1(C)C. The van der Waals surface area contributed by atoms with E-state index >= 15 is 0 Å². The molecule has 120 valence electrons. The third-order valence-corrected chi connectivity index (χ3v) is 5.28. The number of hydrogen-bond acceptors (Lipinski definition) is 2. The minimum Gasteiger partial charge on any atom is -0.313 e. The first-order valence-electron chi connectivity index (χ1n) is 8.42. The molecule has 1 heterocycles. The molecule has 2 rings (SSSR count). The molecule has 2 atom stereocenters. The first-order chi connectivity index (χ1) is 9.94. The second-order valence-corrected chi connectivity index (χ2v) is 7.32. The second kappa shape index (κ2) is 6.70. The van der Waals surface area contributed by atoms with Gasteiger partial charge in [-0.1, -0.05) is 39.3 Å². The Hall–Kier alpha value is -0.540. The smallest absolute Gasteiger partial charge is 0.0850 e. The molecule has 1 aliphatic rings. The number of aromatic nitrogens is 2. The lowest BCUT2D eigenvalue weighted by Crippen LogP contribution is -2.36. The Kier molecular flexibility index (Phi) is 5.37. The zero-order valence-corrected chi connectivity index (χ0v) is 14.9. The van der Waals surface area contributed by atoms with E-state index in [4.69, 9.17) is 11.6 Å². The Labute approximate surface area is 134 Å². The van der Waals surface area contributed by atoms with Crippen molar-refractivity contribution in [1.82, 2.24) is 15.1 Å². The minimum atomic E-state index is 0.475. The topological polar surface area (TPSA) is 29.9 Å². The molecule has 0 spiro atoms. The van der Waals surface area contributed by atoms with Crippen LogP contribution in [0.4, 0.5) is 0 Å². The molecule has 2 unspecified atom stereocenters. The van der Waals surface area contributed by atoms with Crippen LogP contribution in [0, 0.1) is 11.3 Å². The van der Waals surface area contributed by atoms with Gasteiger partial charge < -0.3 is 5.32 Å². The number of nitrogens with one attached hydrogen (secondary N) is 1. The molecule has 0 aliphatic heterocycles. The Bertz CT molecular complexity index is 479. The maximum Gasteiger partial charge on any atom is 0.0850 e. The van der Waals surface area contributed by atoms with Gasteiger partial charge in [0.05, 0.1) is 16.4 Å². The van der Waals surface area contributed by atoms with Crippen LogP contribution in [0.5, 0.6) is 0 Å². The summed E-state index contributed by atoms with van der Waals surface area (Å²) in [5, 5.41) is 9.28. The van der Waals surface area contributed by atoms with Crippen molar-refractivity contribution in [1.29, 1.82) is 0 Å². The summed E-state index contributed by atoms with van der Waals surface area (Å²) in [7, 11) is 0. The molecule has 4 heteroatoms. The van der Waals surface area contributed by atoms with Crippen LogP contribution in [-0.4, -0.2) is 22.4 Å².